The van der Waals surface area contributed by atoms with Crippen LogP contribution in [0.3, 0.4) is 0 Å². The summed E-state index contributed by atoms with van der Waals surface area (Å²) in [7, 11) is 1.86. The van der Waals surface area contributed by atoms with Crippen LogP contribution >= 0.6 is 0 Å². The molecule has 0 aliphatic heterocycles. The molecule has 1 heterocycles. The molecule has 0 atom stereocenters. The number of nitrogens with zero attached hydrogens (tertiary/aromatic N) is 4. The second kappa shape index (κ2) is 9.90. The van der Waals surface area contributed by atoms with Crippen LogP contribution < -0.4 is 20.7 Å². The van der Waals surface area contributed by atoms with E-state index in [1.54, 1.807) is 10.9 Å². The maximum absolute atomic E-state index is 12.2. The zero-order valence-electron chi connectivity index (χ0n) is 18.0. The number of aromatic nitrogens is 3. The zero-order chi connectivity index (χ0) is 21.4. The third-order valence-electron chi connectivity index (χ3n) is 3.60. The summed E-state index contributed by atoms with van der Waals surface area (Å²) in [6, 6.07) is 7.56. The molecule has 0 aliphatic rings. The first-order valence-corrected chi connectivity index (χ1v) is 9.58. The molecule has 3 N–H and O–H groups in total. The van der Waals surface area contributed by atoms with E-state index in [0.717, 1.165) is 11.4 Å². The fraction of sp³-hybridized carbons (Fsp3) is 0.500. The first-order chi connectivity index (χ1) is 13.6. The normalized spacial score (nSPS) is 12.0. The SMILES string of the molecule is CC(C)Oc1ccc(NC(=NCc2nncn2C)NCC(=O)NC(C)(C)C)cc1. The minimum Gasteiger partial charge on any atom is -0.491 e. The lowest BCUT2D eigenvalue weighted by Gasteiger charge is -2.21. The Morgan fingerprint density at radius 3 is 2.48 bits per heavy atom. The number of carbonyl (C=O) groups excluding carboxylic acids is 1. The predicted octanol–water partition coefficient (Wildman–Crippen LogP) is 2.07. The molecule has 0 unspecified atom stereocenters. The molecule has 9 heteroatoms. The van der Waals surface area contributed by atoms with E-state index >= 15 is 0 Å². The third-order valence-corrected chi connectivity index (χ3v) is 3.60. The Morgan fingerprint density at radius 1 is 1.24 bits per heavy atom. The van der Waals surface area contributed by atoms with Gasteiger partial charge in [0, 0.05) is 18.3 Å². The standard InChI is InChI=1S/C20H31N7O2/c1-14(2)29-16-9-7-15(8-10-16)24-19(21-11-17-26-23-13-27(17)6)22-12-18(28)25-20(3,4)5/h7-10,13-14H,11-12H2,1-6H3,(H,25,28)(H2,21,22,24). The number of hydrogen-bond donors (Lipinski definition) is 3. The Balaban J connectivity index is 2.07. The van der Waals surface area contributed by atoms with E-state index in [-0.39, 0.29) is 24.1 Å². The maximum atomic E-state index is 12.2. The van der Waals surface area contributed by atoms with E-state index in [1.165, 1.54) is 0 Å². The smallest absolute Gasteiger partial charge is 0.239 e. The van der Waals surface area contributed by atoms with Gasteiger partial charge in [0.05, 0.1) is 12.6 Å². The molecule has 158 valence electrons. The van der Waals surface area contributed by atoms with E-state index in [9.17, 15) is 4.79 Å². The zero-order valence-corrected chi connectivity index (χ0v) is 18.0. The monoisotopic (exact) mass is 401 g/mol. The Hall–Kier alpha value is -3.10. The molecule has 0 spiro atoms. The summed E-state index contributed by atoms with van der Waals surface area (Å²) in [5.74, 6) is 1.85. The molecule has 0 saturated carbocycles. The van der Waals surface area contributed by atoms with Crippen LogP contribution in [0.1, 0.15) is 40.4 Å². The number of benzene rings is 1. The van der Waals surface area contributed by atoms with Crippen LogP contribution in [0.5, 0.6) is 5.75 Å². The summed E-state index contributed by atoms with van der Waals surface area (Å²) in [6.45, 7) is 10.2. The molecule has 29 heavy (non-hydrogen) atoms. The molecule has 2 rings (SSSR count). The quantitative estimate of drug-likeness (QED) is 0.485. The van der Waals surface area contributed by atoms with Crippen molar-refractivity contribution in [2.24, 2.45) is 12.0 Å². The van der Waals surface area contributed by atoms with E-state index < -0.39 is 0 Å². The van der Waals surface area contributed by atoms with Gasteiger partial charge in [-0.2, -0.15) is 0 Å². The van der Waals surface area contributed by atoms with Gasteiger partial charge in [-0.15, -0.1) is 10.2 Å². The van der Waals surface area contributed by atoms with Crippen molar-refractivity contribution in [1.29, 1.82) is 0 Å². The number of carbonyl (C=O) groups is 1. The van der Waals surface area contributed by atoms with Gasteiger partial charge in [-0.05, 0) is 58.9 Å². The van der Waals surface area contributed by atoms with Crippen LogP contribution in [0.25, 0.3) is 0 Å². The summed E-state index contributed by atoms with van der Waals surface area (Å²) in [5.41, 5.74) is 0.524. The van der Waals surface area contributed by atoms with Crippen LogP contribution in [0.4, 0.5) is 5.69 Å². The number of ether oxygens (including phenoxy) is 1. The highest BCUT2D eigenvalue weighted by Gasteiger charge is 2.14. The average molecular weight is 402 g/mol. The molecular weight excluding hydrogens is 370 g/mol. The van der Waals surface area contributed by atoms with Gasteiger partial charge >= 0.3 is 0 Å². The Morgan fingerprint density at radius 2 is 1.93 bits per heavy atom. The molecule has 1 aromatic heterocycles. The highest BCUT2D eigenvalue weighted by molar-refractivity contribution is 5.96. The number of nitrogens with one attached hydrogen (secondary N) is 3. The maximum Gasteiger partial charge on any atom is 0.239 e. The van der Waals surface area contributed by atoms with Crippen molar-refractivity contribution in [3.8, 4) is 5.75 Å². The van der Waals surface area contributed by atoms with Crippen molar-refractivity contribution in [3.05, 3.63) is 36.4 Å². The number of guanidine groups is 1. The highest BCUT2D eigenvalue weighted by Crippen LogP contribution is 2.16. The Bertz CT molecular complexity index is 820. The topological polar surface area (TPSA) is 105 Å². The summed E-state index contributed by atoms with van der Waals surface area (Å²) in [5, 5.41) is 17.1. The van der Waals surface area contributed by atoms with Gasteiger partial charge in [-0.1, -0.05) is 0 Å². The number of amides is 1. The van der Waals surface area contributed by atoms with Gasteiger partial charge in [0.1, 0.15) is 18.6 Å². The second-order valence-corrected chi connectivity index (χ2v) is 7.99. The minimum absolute atomic E-state index is 0.0937. The molecule has 1 amide bonds. The lowest BCUT2D eigenvalue weighted by molar-refractivity contribution is -0.121. The van der Waals surface area contributed by atoms with Crippen molar-refractivity contribution >= 4 is 17.6 Å². The first kappa shape index (κ1) is 22.2. The van der Waals surface area contributed by atoms with Crippen LogP contribution in [-0.4, -0.2) is 44.8 Å². The van der Waals surface area contributed by atoms with E-state index in [0.29, 0.717) is 18.3 Å². The van der Waals surface area contributed by atoms with Gasteiger partial charge in [0.2, 0.25) is 5.91 Å². The molecular formula is C20H31N7O2. The van der Waals surface area contributed by atoms with E-state index in [4.69, 9.17) is 4.74 Å². The van der Waals surface area contributed by atoms with Crippen molar-refractivity contribution in [1.82, 2.24) is 25.4 Å². The van der Waals surface area contributed by atoms with Gasteiger partial charge in [0.15, 0.2) is 11.8 Å². The van der Waals surface area contributed by atoms with Crippen molar-refractivity contribution in [2.45, 2.75) is 52.8 Å². The predicted molar refractivity (Wildman–Crippen MR) is 114 cm³/mol. The molecule has 0 saturated heterocycles. The molecule has 1 aromatic carbocycles. The number of hydrogen-bond acceptors (Lipinski definition) is 5. The summed E-state index contributed by atoms with van der Waals surface area (Å²) < 4.78 is 7.46. The van der Waals surface area contributed by atoms with Crippen LogP contribution in [0.2, 0.25) is 0 Å². The lowest BCUT2D eigenvalue weighted by atomic mass is 10.1. The van der Waals surface area contributed by atoms with Crippen LogP contribution in [0.15, 0.2) is 35.6 Å². The average Bonchev–Trinajstić information content (AvgIpc) is 3.02. The van der Waals surface area contributed by atoms with Crippen LogP contribution in [0, 0.1) is 0 Å². The Labute approximate surface area is 172 Å². The fourth-order valence-electron chi connectivity index (χ4n) is 2.39. The summed E-state index contributed by atoms with van der Waals surface area (Å²) in [6.07, 6.45) is 1.73. The molecule has 0 radical (unpaired) electrons. The first-order valence-electron chi connectivity index (χ1n) is 9.58. The van der Waals surface area contributed by atoms with Crippen molar-refractivity contribution in [3.63, 3.8) is 0 Å². The number of aliphatic imine (C=N–C) groups is 1. The molecule has 0 bridgehead atoms. The Kier molecular flexibility index (Phi) is 7.58. The number of anilines is 1. The van der Waals surface area contributed by atoms with Gasteiger partial charge in [-0.25, -0.2) is 4.99 Å². The van der Waals surface area contributed by atoms with Gasteiger partial charge in [-0.3, -0.25) is 4.79 Å². The summed E-state index contributed by atoms with van der Waals surface area (Å²) in [4.78, 5) is 16.7. The third kappa shape index (κ3) is 8.20. The number of rotatable bonds is 7. The summed E-state index contributed by atoms with van der Waals surface area (Å²) >= 11 is 0. The molecule has 0 aliphatic carbocycles. The molecule has 0 fully saturated rings. The molecule has 9 nitrogen and oxygen atoms in total. The van der Waals surface area contributed by atoms with Gasteiger partial charge in [0.25, 0.3) is 0 Å². The van der Waals surface area contributed by atoms with Crippen LogP contribution in [-0.2, 0) is 18.4 Å². The van der Waals surface area contributed by atoms with Crippen molar-refractivity contribution in [2.75, 3.05) is 11.9 Å². The largest absolute Gasteiger partial charge is 0.491 e. The number of aryl methyl sites for hydroxylation is 1. The van der Waals surface area contributed by atoms with Gasteiger partial charge < -0.3 is 25.3 Å². The molecule has 2 aromatic rings. The van der Waals surface area contributed by atoms with E-state index in [2.05, 4.69) is 31.1 Å². The fourth-order valence-corrected chi connectivity index (χ4v) is 2.39. The highest BCUT2D eigenvalue weighted by atomic mass is 16.5. The van der Waals surface area contributed by atoms with Crippen molar-refractivity contribution < 1.29 is 9.53 Å². The minimum atomic E-state index is -0.297. The second-order valence-electron chi connectivity index (χ2n) is 7.99. The lowest BCUT2D eigenvalue weighted by Crippen LogP contribution is -2.46. The van der Waals surface area contributed by atoms with E-state index in [1.807, 2.05) is 65.9 Å².